The number of benzene rings is 1. The molecule has 0 aromatic heterocycles. The molecule has 2 unspecified atom stereocenters. The maximum Gasteiger partial charge on any atom is 0.225 e. The first-order chi connectivity index (χ1) is 8.52. The van der Waals surface area contributed by atoms with E-state index in [1.807, 2.05) is 50.5 Å². The van der Waals surface area contributed by atoms with Crippen LogP contribution in [-0.2, 0) is 4.79 Å². The van der Waals surface area contributed by atoms with Gasteiger partial charge >= 0.3 is 0 Å². The Labute approximate surface area is 110 Å². The van der Waals surface area contributed by atoms with Gasteiger partial charge in [0, 0.05) is 26.6 Å². The highest BCUT2D eigenvalue weighted by molar-refractivity contribution is 5.81. The molecule has 2 rings (SSSR count). The zero-order valence-corrected chi connectivity index (χ0v) is 11.8. The van der Waals surface area contributed by atoms with Crippen LogP contribution in [0.15, 0.2) is 36.4 Å². The van der Waals surface area contributed by atoms with E-state index in [4.69, 9.17) is 0 Å². The van der Waals surface area contributed by atoms with Crippen molar-refractivity contribution in [2.75, 3.05) is 34.7 Å². The van der Waals surface area contributed by atoms with Crippen molar-refractivity contribution in [1.82, 2.24) is 9.80 Å². The summed E-state index contributed by atoms with van der Waals surface area (Å²) in [5, 5.41) is 0. The van der Waals surface area contributed by atoms with Gasteiger partial charge in [0.1, 0.15) is 0 Å². The summed E-state index contributed by atoms with van der Waals surface area (Å²) in [7, 11) is 7.76. The fourth-order valence-electron chi connectivity index (χ4n) is 1.94. The van der Waals surface area contributed by atoms with Gasteiger partial charge in [-0.3, -0.25) is 4.79 Å². The minimum absolute atomic E-state index is 0.293. The van der Waals surface area contributed by atoms with E-state index in [9.17, 15) is 4.79 Å². The summed E-state index contributed by atoms with van der Waals surface area (Å²) in [5.41, 5.74) is 0. The van der Waals surface area contributed by atoms with Crippen LogP contribution >= 0.6 is 0 Å². The first-order valence-electron chi connectivity index (χ1n) is 6.38. The summed E-state index contributed by atoms with van der Waals surface area (Å²) in [5.74, 6) is 1.21. The van der Waals surface area contributed by atoms with Gasteiger partial charge in [-0.05, 0) is 26.4 Å². The number of carbonyl (C=O) groups excluding carboxylic acids is 1. The van der Waals surface area contributed by atoms with Crippen LogP contribution in [0.3, 0.4) is 0 Å². The summed E-state index contributed by atoms with van der Waals surface area (Å²) in [6, 6.07) is 12.0. The Hall–Kier alpha value is -1.35. The van der Waals surface area contributed by atoms with Crippen molar-refractivity contribution in [2.45, 2.75) is 6.42 Å². The van der Waals surface area contributed by atoms with E-state index >= 15 is 0 Å². The molecule has 0 radical (unpaired) electrons. The Morgan fingerprint density at radius 2 is 1.44 bits per heavy atom. The average Bonchev–Trinajstić information content (AvgIpc) is 3.09. The second-order valence-corrected chi connectivity index (χ2v) is 5.25. The van der Waals surface area contributed by atoms with Crippen LogP contribution in [0.4, 0.5) is 0 Å². The molecule has 1 amide bonds. The van der Waals surface area contributed by atoms with Crippen LogP contribution in [0.5, 0.6) is 0 Å². The quantitative estimate of drug-likeness (QED) is 0.816. The largest absolute Gasteiger partial charge is 0.349 e. The van der Waals surface area contributed by atoms with Crippen molar-refractivity contribution in [3.05, 3.63) is 36.4 Å². The monoisotopic (exact) mass is 248 g/mol. The SMILES string of the molecule is CN(C)CC1CC1C(=O)N(C)C.c1ccccc1. The standard InChI is InChI=1S/C9H18N2O.C6H6/c1-10(2)6-7-5-8(7)9(12)11(3)4;1-2-4-6-5-3-1/h7-8H,5-6H2,1-4H3;1-6H. The van der Waals surface area contributed by atoms with Crippen LogP contribution in [0.2, 0.25) is 0 Å². The third kappa shape index (κ3) is 5.32. The van der Waals surface area contributed by atoms with Gasteiger partial charge < -0.3 is 9.80 Å². The fraction of sp³-hybridized carbons (Fsp3) is 0.533. The zero-order chi connectivity index (χ0) is 13.5. The number of carbonyl (C=O) groups is 1. The van der Waals surface area contributed by atoms with Gasteiger partial charge in [-0.1, -0.05) is 36.4 Å². The Balaban J connectivity index is 0.000000225. The molecular formula is C15H24N2O. The van der Waals surface area contributed by atoms with E-state index < -0.39 is 0 Å². The molecule has 1 aliphatic carbocycles. The van der Waals surface area contributed by atoms with Crippen LogP contribution in [-0.4, -0.2) is 50.4 Å². The van der Waals surface area contributed by atoms with E-state index in [0.717, 1.165) is 13.0 Å². The molecule has 1 aromatic rings. The summed E-state index contributed by atoms with van der Waals surface area (Å²) in [4.78, 5) is 15.2. The van der Waals surface area contributed by atoms with E-state index in [1.54, 1.807) is 4.90 Å². The van der Waals surface area contributed by atoms with E-state index in [2.05, 4.69) is 19.0 Å². The van der Waals surface area contributed by atoms with Gasteiger partial charge in [-0.25, -0.2) is 0 Å². The molecule has 3 heteroatoms. The Morgan fingerprint density at radius 3 is 1.78 bits per heavy atom. The molecule has 18 heavy (non-hydrogen) atoms. The van der Waals surface area contributed by atoms with Crippen molar-refractivity contribution >= 4 is 5.91 Å². The molecule has 1 aliphatic rings. The fourth-order valence-corrected chi connectivity index (χ4v) is 1.94. The van der Waals surface area contributed by atoms with Crippen molar-refractivity contribution in [1.29, 1.82) is 0 Å². The molecule has 100 valence electrons. The van der Waals surface area contributed by atoms with Crippen LogP contribution in [0.1, 0.15) is 6.42 Å². The lowest BCUT2D eigenvalue weighted by Gasteiger charge is -2.11. The minimum atomic E-state index is 0.293. The summed E-state index contributed by atoms with van der Waals surface area (Å²) in [6.45, 7) is 1.05. The predicted octanol–water partition coefficient (Wildman–Crippen LogP) is 1.96. The maximum absolute atomic E-state index is 11.4. The topological polar surface area (TPSA) is 23.6 Å². The molecule has 2 atom stereocenters. The van der Waals surface area contributed by atoms with E-state index in [-0.39, 0.29) is 0 Å². The minimum Gasteiger partial charge on any atom is -0.349 e. The second-order valence-electron chi connectivity index (χ2n) is 5.25. The van der Waals surface area contributed by atoms with Crippen LogP contribution in [0, 0.1) is 11.8 Å². The van der Waals surface area contributed by atoms with Gasteiger partial charge in [-0.15, -0.1) is 0 Å². The molecule has 1 saturated carbocycles. The van der Waals surface area contributed by atoms with Crippen molar-refractivity contribution in [3.63, 3.8) is 0 Å². The summed E-state index contributed by atoms with van der Waals surface area (Å²) < 4.78 is 0. The maximum atomic E-state index is 11.4. The highest BCUT2D eigenvalue weighted by atomic mass is 16.2. The predicted molar refractivity (Wildman–Crippen MR) is 75.3 cm³/mol. The first kappa shape index (κ1) is 14.7. The molecule has 0 bridgehead atoms. The number of hydrogen-bond donors (Lipinski definition) is 0. The van der Waals surface area contributed by atoms with Crippen molar-refractivity contribution < 1.29 is 4.79 Å². The lowest BCUT2D eigenvalue weighted by atomic mass is 10.3. The Morgan fingerprint density at radius 1 is 1.00 bits per heavy atom. The van der Waals surface area contributed by atoms with E-state index in [1.165, 1.54) is 0 Å². The number of nitrogens with zero attached hydrogens (tertiary/aromatic N) is 2. The lowest BCUT2D eigenvalue weighted by Crippen LogP contribution is -2.25. The first-order valence-corrected chi connectivity index (χ1v) is 6.38. The third-order valence-electron chi connectivity index (χ3n) is 2.95. The molecule has 1 aromatic carbocycles. The molecular weight excluding hydrogens is 224 g/mol. The average molecular weight is 248 g/mol. The second kappa shape index (κ2) is 7.17. The lowest BCUT2D eigenvalue weighted by molar-refractivity contribution is -0.130. The number of rotatable bonds is 3. The molecule has 3 nitrogen and oxygen atoms in total. The van der Waals surface area contributed by atoms with E-state index in [0.29, 0.717) is 17.7 Å². The highest BCUT2D eigenvalue weighted by Crippen LogP contribution is 2.39. The van der Waals surface area contributed by atoms with Gasteiger partial charge in [-0.2, -0.15) is 0 Å². The number of amides is 1. The normalized spacial score (nSPS) is 20.9. The highest BCUT2D eigenvalue weighted by Gasteiger charge is 2.43. The molecule has 0 spiro atoms. The van der Waals surface area contributed by atoms with Crippen LogP contribution < -0.4 is 0 Å². The molecule has 0 aliphatic heterocycles. The van der Waals surface area contributed by atoms with Gasteiger partial charge in [0.05, 0.1) is 0 Å². The Bertz CT molecular complexity index is 322. The molecule has 1 fully saturated rings. The Kier molecular flexibility index (Phi) is 5.86. The summed E-state index contributed by atoms with van der Waals surface area (Å²) >= 11 is 0. The zero-order valence-electron chi connectivity index (χ0n) is 11.8. The third-order valence-corrected chi connectivity index (χ3v) is 2.95. The van der Waals surface area contributed by atoms with Gasteiger partial charge in [0.2, 0.25) is 5.91 Å². The molecule has 0 heterocycles. The molecule has 0 N–H and O–H groups in total. The van der Waals surface area contributed by atoms with Gasteiger partial charge in [0.15, 0.2) is 0 Å². The summed E-state index contributed by atoms with van der Waals surface area (Å²) in [6.07, 6.45) is 1.08. The van der Waals surface area contributed by atoms with Crippen molar-refractivity contribution in [2.24, 2.45) is 11.8 Å². The van der Waals surface area contributed by atoms with Crippen LogP contribution in [0.25, 0.3) is 0 Å². The molecule has 0 saturated heterocycles. The number of hydrogen-bond acceptors (Lipinski definition) is 2. The van der Waals surface area contributed by atoms with Crippen molar-refractivity contribution in [3.8, 4) is 0 Å². The smallest absolute Gasteiger partial charge is 0.225 e. The van der Waals surface area contributed by atoms with Gasteiger partial charge in [0.25, 0.3) is 0 Å².